The van der Waals surface area contributed by atoms with Crippen LogP contribution in [0.15, 0.2) is 58.5 Å². The van der Waals surface area contributed by atoms with Crippen LogP contribution in [0.5, 0.6) is 11.5 Å². The van der Waals surface area contributed by atoms with Gasteiger partial charge in [0.25, 0.3) is 5.91 Å². The van der Waals surface area contributed by atoms with Gasteiger partial charge in [0.15, 0.2) is 11.5 Å². The second-order valence-electron chi connectivity index (χ2n) is 6.70. The quantitative estimate of drug-likeness (QED) is 0.246. The average molecular weight is 501 g/mol. The number of hydrogen-bond donors (Lipinski definition) is 1. The second-order valence-corrected chi connectivity index (χ2v) is 7.55. The Hall–Kier alpha value is -3.93. The molecule has 1 heterocycles. The average Bonchev–Trinajstić information content (AvgIpc) is 3.31. The van der Waals surface area contributed by atoms with E-state index in [0.717, 1.165) is 0 Å². The van der Waals surface area contributed by atoms with E-state index in [4.69, 9.17) is 37.1 Å². The molecule has 0 aliphatic heterocycles. The third-order valence-electron chi connectivity index (χ3n) is 4.46. The van der Waals surface area contributed by atoms with Crippen LogP contribution in [0.1, 0.15) is 21.9 Å². The van der Waals surface area contributed by atoms with Gasteiger partial charge in [-0.05, 0) is 54.1 Å². The minimum Gasteiger partial charge on any atom is -0.493 e. The van der Waals surface area contributed by atoms with E-state index in [1.54, 1.807) is 36.4 Å². The van der Waals surface area contributed by atoms with E-state index in [-0.39, 0.29) is 23.0 Å². The van der Waals surface area contributed by atoms with Crippen molar-refractivity contribution < 1.29 is 28.2 Å². The molecule has 1 aromatic heterocycles. The lowest BCUT2D eigenvalue weighted by Gasteiger charge is -2.11. The molecule has 0 radical (unpaired) electrons. The number of nitriles is 1. The maximum absolute atomic E-state index is 12.5. The Morgan fingerprint density at radius 2 is 1.88 bits per heavy atom. The lowest BCUT2D eigenvalue weighted by Crippen LogP contribution is -2.13. The van der Waals surface area contributed by atoms with Crippen molar-refractivity contribution in [3.63, 3.8) is 0 Å². The molecule has 8 nitrogen and oxygen atoms in total. The molecular weight excluding hydrogens is 483 g/mol. The highest BCUT2D eigenvalue weighted by molar-refractivity contribution is 6.36. The zero-order chi connectivity index (χ0) is 24.7. The van der Waals surface area contributed by atoms with Crippen LogP contribution >= 0.6 is 23.2 Å². The van der Waals surface area contributed by atoms with Gasteiger partial charge in [-0.3, -0.25) is 4.79 Å². The van der Waals surface area contributed by atoms with Gasteiger partial charge in [-0.15, -0.1) is 0 Å². The summed E-state index contributed by atoms with van der Waals surface area (Å²) in [5.74, 6) is 0.0193. The van der Waals surface area contributed by atoms with Gasteiger partial charge >= 0.3 is 5.97 Å². The first-order chi connectivity index (χ1) is 16.3. The van der Waals surface area contributed by atoms with E-state index in [0.29, 0.717) is 33.5 Å². The molecule has 0 spiro atoms. The van der Waals surface area contributed by atoms with Crippen LogP contribution in [-0.4, -0.2) is 26.1 Å². The van der Waals surface area contributed by atoms with Crippen LogP contribution in [0.25, 0.3) is 6.08 Å². The molecule has 2 aromatic carbocycles. The first kappa shape index (κ1) is 24.7. The topological polar surface area (TPSA) is 111 Å². The molecule has 0 saturated carbocycles. The summed E-state index contributed by atoms with van der Waals surface area (Å²) < 4.78 is 21.0. The predicted molar refractivity (Wildman–Crippen MR) is 126 cm³/mol. The number of hydrogen-bond acceptors (Lipinski definition) is 7. The Morgan fingerprint density at radius 3 is 2.56 bits per heavy atom. The molecule has 0 bridgehead atoms. The van der Waals surface area contributed by atoms with Crippen LogP contribution in [0.3, 0.4) is 0 Å². The van der Waals surface area contributed by atoms with Crippen molar-refractivity contribution in [2.45, 2.75) is 6.61 Å². The molecule has 0 aliphatic carbocycles. The zero-order valence-electron chi connectivity index (χ0n) is 18.1. The summed E-state index contributed by atoms with van der Waals surface area (Å²) in [5, 5.41) is 12.7. The summed E-state index contributed by atoms with van der Waals surface area (Å²) in [6.07, 6.45) is 1.40. The second kappa shape index (κ2) is 11.3. The van der Waals surface area contributed by atoms with Gasteiger partial charge in [0.1, 0.15) is 24.0 Å². The number of furan rings is 1. The Kier molecular flexibility index (Phi) is 8.19. The first-order valence-corrected chi connectivity index (χ1v) is 10.5. The lowest BCUT2D eigenvalue weighted by molar-refractivity contribution is -0.112. The summed E-state index contributed by atoms with van der Waals surface area (Å²) in [6.45, 7) is 0.0379. The fraction of sp³-hybridized carbons (Fsp3) is 0.125. The van der Waals surface area contributed by atoms with E-state index in [2.05, 4.69) is 10.1 Å². The SMILES string of the molecule is COC(=O)c1ccc(COc2ccc(C=C(C#N)C(=O)Nc3ccc(Cl)cc3Cl)cc2OC)o1. The van der Waals surface area contributed by atoms with Crippen molar-refractivity contribution in [2.24, 2.45) is 0 Å². The Labute approximate surface area is 205 Å². The molecule has 0 fully saturated rings. The molecule has 0 aliphatic rings. The number of rotatable bonds is 8. The maximum atomic E-state index is 12.5. The van der Waals surface area contributed by atoms with Crippen LogP contribution in [0, 0.1) is 11.3 Å². The van der Waals surface area contributed by atoms with Crippen molar-refractivity contribution in [2.75, 3.05) is 19.5 Å². The highest BCUT2D eigenvalue weighted by atomic mass is 35.5. The number of anilines is 1. The maximum Gasteiger partial charge on any atom is 0.373 e. The number of nitrogens with one attached hydrogen (secondary N) is 1. The van der Waals surface area contributed by atoms with E-state index in [1.807, 2.05) is 6.07 Å². The van der Waals surface area contributed by atoms with Gasteiger partial charge in [0, 0.05) is 5.02 Å². The monoisotopic (exact) mass is 500 g/mol. The van der Waals surface area contributed by atoms with Crippen molar-refractivity contribution in [3.05, 3.63) is 81.2 Å². The smallest absolute Gasteiger partial charge is 0.373 e. The minimum absolute atomic E-state index is 0.0379. The van der Waals surface area contributed by atoms with E-state index in [9.17, 15) is 14.9 Å². The first-order valence-electron chi connectivity index (χ1n) is 9.70. The fourth-order valence-electron chi connectivity index (χ4n) is 2.80. The normalized spacial score (nSPS) is 10.9. The van der Waals surface area contributed by atoms with Crippen molar-refractivity contribution in [3.8, 4) is 17.6 Å². The Bertz CT molecular complexity index is 1290. The molecule has 3 rings (SSSR count). The number of carbonyl (C=O) groups excluding carboxylic acids is 2. The summed E-state index contributed by atoms with van der Waals surface area (Å²) >= 11 is 11.9. The summed E-state index contributed by atoms with van der Waals surface area (Å²) in [5.41, 5.74) is 0.712. The van der Waals surface area contributed by atoms with Crippen LogP contribution < -0.4 is 14.8 Å². The molecule has 34 heavy (non-hydrogen) atoms. The third kappa shape index (κ3) is 6.10. The van der Waals surface area contributed by atoms with Crippen LogP contribution in [-0.2, 0) is 16.1 Å². The summed E-state index contributed by atoms with van der Waals surface area (Å²) in [6, 6.07) is 14.4. The van der Waals surface area contributed by atoms with Crippen molar-refractivity contribution in [1.82, 2.24) is 0 Å². The van der Waals surface area contributed by atoms with Gasteiger partial charge in [-0.1, -0.05) is 29.3 Å². The number of amides is 1. The van der Waals surface area contributed by atoms with E-state index < -0.39 is 11.9 Å². The number of methoxy groups -OCH3 is 2. The molecule has 0 unspecified atom stereocenters. The van der Waals surface area contributed by atoms with E-state index >= 15 is 0 Å². The summed E-state index contributed by atoms with van der Waals surface area (Å²) in [4.78, 5) is 24.0. The van der Waals surface area contributed by atoms with Crippen LogP contribution in [0.4, 0.5) is 5.69 Å². The fourth-order valence-corrected chi connectivity index (χ4v) is 3.26. The molecule has 3 aromatic rings. The number of ether oxygens (including phenoxy) is 3. The summed E-state index contributed by atoms with van der Waals surface area (Å²) in [7, 11) is 2.72. The van der Waals surface area contributed by atoms with Crippen LogP contribution in [0.2, 0.25) is 10.0 Å². The van der Waals surface area contributed by atoms with E-state index in [1.165, 1.54) is 32.4 Å². The molecule has 10 heteroatoms. The number of carbonyl (C=O) groups is 2. The number of nitrogens with zero attached hydrogens (tertiary/aromatic N) is 1. The highest BCUT2D eigenvalue weighted by Gasteiger charge is 2.14. The highest BCUT2D eigenvalue weighted by Crippen LogP contribution is 2.30. The molecular formula is C24H18Cl2N2O6. The van der Waals surface area contributed by atoms with Gasteiger partial charge in [-0.2, -0.15) is 5.26 Å². The Morgan fingerprint density at radius 1 is 1.09 bits per heavy atom. The largest absolute Gasteiger partial charge is 0.493 e. The van der Waals surface area contributed by atoms with Gasteiger partial charge < -0.3 is 23.9 Å². The standard InChI is InChI=1S/C24H18Cl2N2O6/c1-31-22-10-14(3-7-20(22)33-13-17-5-8-21(34-17)24(30)32-2)9-15(12-27)23(29)28-19-6-4-16(25)11-18(19)26/h3-11H,13H2,1-2H3,(H,28,29). The Balaban J connectivity index is 1.74. The van der Waals surface area contributed by atoms with Gasteiger partial charge in [0.2, 0.25) is 5.76 Å². The molecule has 0 atom stereocenters. The number of esters is 1. The predicted octanol–water partition coefficient (Wildman–Crippen LogP) is 5.51. The molecule has 0 saturated heterocycles. The molecule has 174 valence electrons. The third-order valence-corrected chi connectivity index (χ3v) is 5.01. The number of benzene rings is 2. The minimum atomic E-state index is -0.634. The zero-order valence-corrected chi connectivity index (χ0v) is 19.6. The number of halogens is 2. The van der Waals surface area contributed by atoms with Crippen molar-refractivity contribution in [1.29, 1.82) is 5.26 Å². The lowest BCUT2D eigenvalue weighted by atomic mass is 10.1. The molecule has 1 amide bonds. The van der Waals surface area contributed by atoms with Gasteiger partial charge in [-0.25, -0.2) is 4.79 Å². The van der Waals surface area contributed by atoms with Crippen molar-refractivity contribution >= 4 is 46.8 Å². The molecule has 1 N–H and O–H groups in total. The van der Waals surface area contributed by atoms with Gasteiger partial charge in [0.05, 0.1) is 24.9 Å².